The van der Waals surface area contributed by atoms with Crippen molar-refractivity contribution in [3.05, 3.63) is 23.8 Å². The summed E-state index contributed by atoms with van der Waals surface area (Å²) in [4.78, 5) is 12.3. The lowest BCUT2D eigenvalue weighted by Gasteiger charge is -2.14. The second-order valence-corrected chi connectivity index (χ2v) is 7.31. The molecule has 1 aromatic rings. The van der Waals surface area contributed by atoms with Crippen LogP contribution < -0.4 is 11.1 Å². The van der Waals surface area contributed by atoms with Crippen LogP contribution in [0.5, 0.6) is 0 Å². The van der Waals surface area contributed by atoms with Gasteiger partial charge in [-0.3, -0.25) is 4.79 Å². The highest BCUT2D eigenvalue weighted by Gasteiger charge is 2.30. The number of amides is 1. The summed E-state index contributed by atoms with van der Waals surface area (Å²) in [5, 5.41) is 2.74. The van der Waals surface area contributed by atoms with Gasteiger partial charge in [-0.1, -0.05) is 6.07 Å². The number of sulfone groups is 1. The topological polar surface area (TPSA) is 98.5 Å². The van der Waals surface area contributed by atoms with E-state index in [9.17, 15) is 13.2 Å². The number of hydrogen-bond acceptors (Lipinski definition) is 5. The molecule has 1 amide bonds. The summed E-state index contributed by atoms with van der Waals surface area (Å²) >= 11 is 0. The first-order valence-corrected chi connectivity index (χ1v) is 8.67. The Morgan fingerprint density at radius 1 is 1.43 bits per heavy atom. The average Bonchev–Trinajstić information content (AvgIpc) is 2.88. The van der Waals surface area contributed by atoms with E-state index in [-0.39, 0.29) is 16.9 Å². The molecule has 7 heteroatoms. The van der Waals surface area contributed by atoms with Crippen LogP contribution in [0.3, 0.4) is 0 Å². The maximum atomic E-state index is 12.2. The smallest absolute Gasteiger partial charge is 0.253 e. The second-order valence-electron chi connectivity index (χ2n) is 5.30. The van der Waals surface area contributed by atoms with Crippen molar-refractivity contribution in [3.63, 3.8) is 0 Å². The Kier molecular flexibility index (Phi) is 4.65. The van der Waals surface area contributed by atoms with Crippen LogP contribution >= 0.6 is 0 Å². The fourth-order valence-electron chi connectivity index (χ4n) is 2.25. The van der Waals surface area contributed by atoms with E-state index in [0.717, 1.165) is 18.2 Å². The maximum Gasteiger partial charge on any atom is 0.253 e. The van der Waals surface area contributed by atoms with Gasteiger partial charge in [-0.05, 0) is 37.5 Å². The minimum Gasteiger partial charge on any atom is -0.364 e. The van der Waals surface area contributed by atoms with Crippen molar-refractivity contribution in [1.29, 1.82) is 0 Å². The molecule has 0 bridgehead atoms. The molecule has 1 saturated heterocycles. The predicted octanol–water partition coefficient (Wildman–Crippen LogP) is 0.843. The lowest BCUT2D eigenvalue weighted by Crippen LogP contribution is -2.30. The number of benzene rings is 1. The fraction of sp³-hybridized carbons (Fsp3) is 0.500. The Balaban J connectivity index is 2.14. The van der Waals surface area contributed by atoms with Gasteiger partial charge in [0.2, 0.25) is 0 Å². The molecule has 1 heterocycles. The van der Waals surface area contributed by atoms with E-state index in [1.807, 2.05) is 0 Å². The van der Waals surface area contributed by atoms with Gasteiger partial charge in [0.05, 0.1) is 11.0 Å². The van der Waals surface area contributed by atoms with Crippen molar-refractivity contribution in [1.82, 2.24) is 0 Å². The number of nitrogens with two attached hydrogens (primary N) is 1. The SMILES string of the molecule is Cc1ccc(S(C)(=O)=O)cc1NC(=O)C1CCC(CN)O1. The van der Waals surface area contributed by atoms with Crippen LogP contribution in [-0.2, 0) is 19.4 Å². The van der Waals surface area contributed by atoms with Gasteiger partial charge in [0.1, 0.15) is 6.10 Å². The molecule has 6 nitrogen and oxygen atoms in total. The molecule has 3 N–H and O–H groups in total. The standard InChI is InChI=1S/C14H20N2O4S/c1-9-3-5-11(21(2,18)19)7-12(9)16-14(17)13-6-4-10(8-15)20-13/h3,5,7,10,13H,4,6,8,15H2,1-2H3,(H,16,17). The molecule has 2 atom stereocenters. The average molecular weight is 312 g/mol. The van der Waals surface area contributed by atoms with Crippen molar-refractivity contribution < 1.29 is 17.9 Å². The summed E-state index contributed by atoms with van der Waals surface area (Å²) in [5.41, 5.74) is 6.80. The van der Waals surface area contributed by atoms with E-state index in [4.69, 9.17) is 10.5 Å². The molecular weight excluding hydrogens is 292 g/mol. The van der Waals surface area contributed by atoms with Crippen molar-refractivity contribution in [2.75, 3.05) is 18.1 Å². The van der Waals surface area contributed by atoms with Gasteiger partial charge in [0.15, 0.2) is 9.84 Å². The minimum atomic E-state index is -3.31. The number of anilines is 1. The molecule has 1 aromatic carbocycles. The minimum absolute atomic E-state index is 0.0794. The molecule has 1 aliphatic rings. The zero-order chi connectivity index (χ0) is 15.6. The number of ether oxygens (including phenoxy) is 1. The van der Waals surface area contributed by atoms with Crippen LogP contribution in [0.25, 0.3) is 0 Å². The number of hydrogen-bond donors (Lipinski definition) is 2. The van der Waals surface area contributed by atoms with Gasteiger partial charge < -0.3 is 15.8 Å². The summed E-state index contributed by atoms with van der Waals surface area (Å²) in [6.45, 7) is 2.20. The number of rotatable bonds is 4. The van der Waals surface area contributed by atoms with Crippen LogP contribution in [0.4, 0.5) is 5.69 Å². The molecule has 0 aromatic heterocycles. The predicted molar refractivity (Wildman–Crippen MR) is 79.9 cm³/mol. The van der Waals surface area contributed by atoms with Gasteiger partial charge >= 0.3 is 0 Å². The molecule has 0 radical (unpaired) electrons. The number of nitrogens with one attached hydrogen (secondary N) is 1. The Bertz CT molecular complexity index is 642. The molecule has 0 spiro atoms. The van der Waals surface area contributed by atoms with Gasteiger partial charge in [0, 0.05) is 18.5 Å². The Morgan fingerprint density at radius 2 is 2.14 bits per heavy atom. The molecule has 1 aliphatic heterocycles. The summed E-state index contributed by atoms with van der Waals surface area (Å²) in [6, 6.07) is 4.67. The third-order valence-corrected chi connectivity index (χ3v) is 4.67. The van der Waals surface area contributed by atoms with E-state index < -0.39 is 15.9 Å². The Hall–Kier alpha value is -1.44. The van der Waals surface area contributed by atoms with E-state index in [1.165, 1.54) is 12.1 Å². The van der Waals surface area contributed by atoms with E-state index in [2.05, 4.69) is 5.32 Å². The molecule has 0 aliphatic carbocycles. The van der Waals surface area contributed by atoms with E-state index in [1.54, 1.807) is 13.0 Å². The summed E-state index contributed by atoms with van der Waals surface area (Å²) < 4.78 is 28.7. The Labute approximate surface area is 124 Å². The van der Waals surface area contributed by atoms with E-state index >= 15 is 0 Å². The zero-order valence-corrected chi connectivity index (χ0v) is 12.9. The molecule has 2 rings (SSSR count). The van der Waals surface area contributed by atoms with Gasteiger partial charge in [-0.25, -0.2) is 8.42 Å². The largest absolute Gasteiger partial charge is 0.364 e. The third-order valence-electron chi connectivity index (χ3n) is 3.56. The molecule has 1 fully saturated rings. The van der Waals surface area contributed by atoms with Crippen LogP contribution in [0.1, 0.15) is 18.4 Å². The zero-order valence-electron chi connectivity index (χ0n) is 12.1. The summed E-state index contributed by atoms with van der Waals surface area (Å²) in [6.07, 6.45) is 1.91. The molecule has 116 valence electrons. The van der Waals surface area contributed by atoms with Crippen LogP contribution in [0.15, 0.2) is 23.1 Å². The number of carbonyl (C=O) groups excluding carboxylic acids is 1. The first-order valence-electron chi connectivity index (χ1n) is 6.78. The lowest BCUT2D eigenvalue weighted by molar-refractivity contribution is -0.126. The van der Waals surface area contributed by atoms with E-state index in [0.29, 0.717) is 18.7 Å². The quantitative estimate of drug-likeness (QED) is 0.858. The highest BCUT2D eigenvalue weighted by Crippen LogP contribution is 2.23. The van der Waals surface area contributed by atoms with Crippen molar-refractivity contribution in [3.8, 4) is 0 Å². The number of carbonyl (C=O) groups is 1. The Morgan fingerprint density at radius 3 is 2.71 bits per heavy atom. The highest BCUT2D eigenvalue weighted by molar-refractivity contribution is 7.90. The van der Waals surface area contributed by atoms with Crippen LogP contribution in [-0.4, -0.2) is 39.3 Å². The van der Waals surface area contributed by atoms with Gasteiger partial charge in [-0.15, -0.1) is 0 Å². The van der Waals surface area contributed by atoms with Crippen molar-refractivity contribution in [2.24, 2.45) is 5.73 Å². The molecular formula is C14H20N2O4S. The first kappa shape index (κ1) is 15.9. The summed E-state index contributed by atoms with van der Waals surface area (Å²) in [5.74, 6) is -0.264. The van der Waals surface area contributed by atoms with Gasteiger partial charge in [0.25, 0.3) is 5.91 Å². The maximum absolute atomic E-state index is 12.2. The van der Waals surface area contributed by atoms with Gasteiger partial charge in [-0.2, -0.15) is 0 Å². The second kappa shape index (κ2) is 6.13. The third kappa shape index (κ3) is 3.81. The van der Waals surface area contributed by atoms with Crippen LogP contribution in [0, 0.1) is 6.92 Å². The lowest BCUT2D eigenvalue weighted by atomic mass is 10.1. The molecule has 2 unspecified atom stereocenters. The highest BCUT2D eigenvalue weighted by atomic mass is 32.2. The van der Waals surface area contributed by atoms with Crippen molar-refractivity contribution in [2.45, 2.75) is 36.9 Å². The van der Waals surface area contributed by atoms with Crippen molar-refractivity contribution >= 4 is 21.4 Å². The fourth-order valence-corrected chi connectivity index (χ4v) is 2.90. The summed E-state index contributed by atoms with van der Waals surface area (Å²) in [7, 11) is -3.31. The monoisotopic (exact) mass is 312 g/mol. The first-order chi connectivity index (χ1) is 9.81. The number of aryl methyl sites for hydroxylation is 1. The molecule has 21 heavy (non-hydrogen) atoms. The normalized spacial score (nSPS) is 22.2. The molecule has 0 saturated carbocycles. The van der Waals surface area contributed by atoms with Crippen LogP contribution in [0.2, 0.25) is 0 Å².